The third kappa shape index (κ3) is 4.21. The molecule has 1 amide bonds. The molecule has 3 aromatic carbocycles. The fourth-order valence-electron chi connectivity index (χ4n) is 2.93. The number of nitrogens with zero attached hydrogens (tertiary/aromatic N) is 2. The van der Waals surface area contributed by atoms with E-state index in [0.29, 0.717) is 11.3 Å². The quantitative estimate of drug-likeness (QED) is 0.256. The van der Waals surface area contributed by atoms with E-state index < -0.39 is 4.92 Å². The van der Waals surface area contributed by atoms with Gasteiger partial charge in [-0.15, -0.1) is 0 Å². The van der Waals surface area contributed by atoms with Gasteiger partial charge in [0.15, 0.2) is 0 Å². The van der Waals surface area contributed by atoms with Crippen LogP contribution in [0.3, 0.4) is 0 Å². The number of H-pyrrole nitrogens is 1. The van der Waals surface area contributed by atoms with E-state index in [9.17, 15) is 14.9 Å². The van der Waals surface area contributed by atoms with Gasteiger partial charge in [0.2, 0.25) is 5.91 Å². The Bertz CT molecular complexity index is 1250. The summed E-state index contributed by atoms with van der Waals surface area (Å²) in [6, 6.07) is 19.4. The van der Waals surface area contributed by atoms with E-state index in [1.807, 2.05) is 36.4 Å². The summed E-state index contributed by atoms with van der Waals surface area (Å²) >= 11 is 5.79. The topological polar surface area (TPSA) is 101 Å². The van der Waals surface area contributed by atoms with Crippen LogP contribution in [0, 0.1) is 10.1 Å². The number of carbonyl (C=O) groups excluding carboxylic acids is 1. The molecule has 0 bridgehead atoms. The molecular formula is C22H15ClN4O3. The summed E-state index contributed by atoms with van der Waals surface area (Å²) in [5, 5.41) is 13.7. The number of halogens is 1. The molecule has 0 aliphatic rings. The number of hydrogen-bond acceptors (Lipinski definition) is 4. The fraction of sp³-hybridized carbons (Fsp3) is 0. The molecule has 0 unspecified atom stereocenters. The van der Waals surface area contributed by atoms with Crippen LogP contribution in [0.5, 0.6) is 0 Å². The Hall–Kier alpha value is -3.97. The van der Waals surface area contributed by atoms with Gasteiger partial charge in [-0.25, -0.2) is 4.98 Å². The Balaban J connectivity index is 1.44. The maximum absolute atomic E-state index is 12.2. The molecule has 0 fully saturated rings. The van der Waals surface area contributed by atoms with Crippen LogP contribution in [0.2, 0.25) is 5.02 Å². The molecule has 4 aromatic rings. The Kier molecular flexibility index (Phi) is 5.28. The summed E-state index contributed by atoms with van der Waals surface area (Å²) < 4.78 is 0. The van der Waals surface area contributed by atoms with Crippen molar-refractivity contribution in [3.8, 4) is 11.4 Å². The fourth-order valence-corrected chi connectivity index (χ4v) is 3.12. The highest BCUT2D eigenvalue weighted by Crippen LogP contribution is 2.26. The standard InChI is InChI=1S/C22H15ClN4O3/c23-17-11-5-14(13-20(17)27(29)30)6-12-21(28)24-16-9-7-15(8-10-16)22-25-18-3-1-2-4-19(18)26-22/h1-13H,(H,24,28)(H,25,26)/b12-6+. The van der Waals surface area contributed by atoms with Crippen LogP contribution in [0.15, 0.2) is 72.8 Å². The molecule has 0 radical (unpaired) electrons. The molecule has 7 nitrogen and oxygen atoms in total. The maximum Gasteiger partial charge on any atom is 0.288 e. The van der Waals surface area contributed by atoms with Crippen molar-refractivity contribution >= 4 is 46.0 Å². The van der Waals surface area contributed by atoms with Crippen molar-refractivity contribution in [3.63, 3.8) is 0 Å². The van der Waals surface area contributed by atoms with Gasteiger partial charge in [-0.05, 0) is 54.1 Å². The van der Waals surface area contributed by atoms with Crippen LogP contribution in [0.1, 0.15) is 5.56 Å². The minimum Gasteiger partial charge on any atom is -0.338 e. The van der Waals surface area contributed by atoms with Gasteiger partial charge in [0.25, 0.3) is 5.69 Å². The first-order chi connectivity index (χ1) is 14.5. The second-order valence-corrected chi connectivity index (χ2v) is 6.88. The second-order valence-electron chi connectivity index (χ2n) is 6.47. The first kappa shape index (κ1) is 19.4. The Morgan fingerprint density at radius 1 is 1.10 bits per heavy atom. The van der Waals surface area contributed by atoms with E-state index in [2.05, 4.69) is 15.3 Å². The van der Waals surface area contributed by atoms with Crippen molar-refractivity contribution in [2.75, 3.05) is 5.32 Å². The monoisotopic (exact) mass is 418 g/mol. The summed E-state index contributed by atoms with van der Waals surface area (Å²) in [4.78, 5) is 30.4. The lowest BCUT2D eigenvalue weighted by Gasteiger charge is -2.03. The zero-order valence-corrected chi connectivity index (χ0v) is 16.3. The van der Waals surface area contributed by atoms with Crippen LogP contribution in [-0.2, 0) is 4.79 Å². The lowest BCUT2D eigenvalue weighted by Crippen LogP contribution is -2.07. The number of aromatic amines is 1. The molecule has 1 aromatic heterocycles. The Morgan fingerprint density at radius 3 is 2.60 bits per heavy atom. The third-order valence-corrected chi connectivity index (χ3v) is 4.73. The van der Waals surface area contributed by atoms with Crippen LogP contribution < -0.4 is 5.32 Å². The minimum atomic E-state index is -0.566. The predicted octanol–water partition coefficient (Wildman–Crippen LogP) is 5.44. The number of nitro groups is 1. The first-order valence-corrected chi connectivity index (χ1v) is 9.35. The number of anilines is 1. The molecule has 4 rings (SSSR count). The van der Waals surface area contributed by atoms with Gasteiger partial charge in [-0.2, -0.15) is 0 Å². The molecule has 2 N–H and O–H groups in total. The third-order valence-electron chi connectivity index (χ3n) is 4.41. The zero-order valence-electron chi connectivity index (χ0n) is 15.5. The number of hydrogen-bond donors (Lipinski definition) is 2. The van der Waals surface area contributed by atoms with E-state index >= 15 is 0 Å². The van der Waals surface area contributed by atoms with Crippen LogP contribution in [-0.4, -0.2) is 20.8 Å². The highest BCUT2D eigenvalue weighted by molar-refractivity contribution is 6.32. The molecule has 0 saturated heterocycles. The summed E-state index contributed by atoms with van der Waals surface area (Å²) in [6.07, 6.45) is 2.79. The van der Waals surface area contributed by atoms with Crippen molar-refractivity contribution in [1.82, 2.24) is 9.97 Å². The van der Waals surface area contributed by atoms with Crippen molar-refractivity contribution in [1.29, 1.82) is 0 Å². The predicted molar refractivity (Wildman–Crippen MR) is 117 cm³/mol. The van der Waals surface area contributed by atoms with Gasteiger partial charge in [0.1, 0.15) is 10.8 Å². The maximum atomic E-state index is 12.2. The van der Waals surface area contributed by atoms with Gasteiger partial charge in [0, 0.05) is 23.4 Å². The lowest BCUT2D eigenvalue weighted by atomic mass is 10.2. The summed E-state index contributed by atoms with van der Waals surface area (Å²) in [7, 11) is 0. The number of amides is 1. The first-order valence-electron chi connectivity index (χ1n) is 8.98. The molecule has 0 saturated carbocycles. The van der Waals surface area contributed by atoms with Gasteiger partial charge in [0.05, 0.1) is 16.0 Å². The number of benzene rings is 3. The molecule has 0 atom stereocenters. The van der Waals surface area contributed by atoms with Gasteiger partial charge < -0.3 is 10.3 Å². The van der Waals surface area contributed by atoms with Crippen LogP contribution in [0.25, 0.3) is 28.5 Å². The number of aromatic nitrogens is 2. The lowest BCUT2D eigenvalue weighted by molar-refractivity contribution is -0.384. The van der Waals surface area contributed by atoms with E-state index in [-0.39, 0.29) is 16.6 Å². The van der Waals surface area contributed by atoms with Gasteiger partial charge >= 0.3 is 0 Å². The van der Waals surface area contributed by atoms with Crippen molar-refractivity contribution in [2.45, 2.75) is 0 Å². The normalized spacial score (nSPS) is 11.1. The molecule has 0 aliphatic carbocycles. The van der Waals surface area contributed by atoms with Gasteiger partial charge in [-0.3, -0.25) is 14.9 Å². The number of nitro benzene ring substituents is 1. The average Bonchev–Trinajstić information content (AvgIpc) is 3.18. The van der Waals surface area contributed by atoms with Crippen LogP contribution >= 0.6 is 11.6 Å². The molecule has 30 heavy (non-hydrogen) atoms. The molecule has 0 spiro atoms. The average molecular weight is 419 g/mol. The van der Waals surface area contributed by atoms with E-state index in [4.69, 9.17) is 11.6 Å². The summed E-state index contributed by atoms with van der Waals surface area (Å²) in [6.45, 7) is 0. The summed E-state index contributed by atoms with van der Waals surface area (Å²) in [5.74, 6) is 0.391. The highest BCUT2D eigenvalue weighted by atomic mass is 35.5. The molecule has 1 heterocycles. The molecule has 0 aliphatic heterocycles. The smallest absolute Gasteiger partial charge is 0.288 e. The SMILES string of the molecule is O=C(/C=C/c1ccc(Cl)c([N+](=O)[O-])c1)Nc1ccc(-c2nc3ccccc3[nH]2)cc1. The van der Waals surface area contributed by atoms with E-state index in [1.165, 1.54) is 24.3 Å². The number of carbonyl (C=O) groups is 1. The number of rotatable bonds is 5. The van der Waals surface area contributed by atoms with Crippen molar-refractivity contribution < 1.29 is 9.72 Å². The van der Waals surface area contributed by atoms with Crippen molar-refractivity contribution in [3.05, 3.63) is 93.5 Å². The Morgan fingerprint density at radius 2 is 1.87 bits per heavy atom. The molecule has 8 heteroatoms. The number of para-hydroxylation sites is 2. The number of imidazole rings is 1. The van der Waals surface area contributed by atoms with Gasteiger partial charge in [-0.1, -0.05) is 29.8 Å². The Labute approximate surface area is 176 Å². The van der Waals surface area contributed by atoms with Crippen LogP contribution in [0.4, 0.5) is 11.4 Å². The number of nitrogens with one attached hydrogen (secondary N) is 2. The highest BCUT2D eigenvalue weighted by Gasteiger charge is 2.12. The minimum absolute atomic E-state index is 0.0474. The molecule has 148 valence electrons. The zero-order chi connectivity index (χ0) is 21.1. The van der Waals surface area contributed by atoms with Crippen molar-refractivity contribution in [2.24, 2.45) is 0 Å². The largest absolute Gasteiger partial charge is 0.338 e. The van der Waals surface area contributed by atoms with E-state index in [1.54, 1.807) is 18.2 Å². The molecular weight excluding hydrogens is 404 g/mol. The number of fused-ring (bicyclic) bond motifs is 1. The summed E-state index contributed by atoms with van der Waals surface area (Å²) in [5.41, 5.74) is 3.65. The van der Waals surface area contributed by atoms with E-state index in [0.717, 1.165) is 22.4 Å². The second kappa shape index (κ2) is 8.18.